The Balaban J connectivity index is 1.33. The molecule has 314 valence electrons. The molecule has 0 N–H and O–H groups in total. The lowest BCUT2D eigenvalue weighted by atomic mass is 9.17. The van der Waals surface area contributed by atoms with E-state index >= 15 is 0 Å². The third kappa shape index (κ3) is 6.93. The summed E-state index contributed by atoms with van der Waals surface area (Å²) in [6.45, 7) is 8.67. The first kappa shape index (κ1) is 46.0. The molecule has 9 rings (SSSR count). The molecule has 0 unspecified atom stereocenters. The first-order valence-corrected chi connectivity index (χ1v) is 24.3. The molecule has 0 saturated heterocycles. The minimum Gasteiger partial charge on any atom is -0.310 e. The number of aryl methyl sites for hydroxylation is 4. The molecule has 0 aromatic heterocycles. The van der Waals surface area contributed by atoms with E-state index in [-0.39, 0.29) is 31.3 Å². The largest absolute Gasteiger partial charge is 0.310 e. The molecule has 0 heterocycles. The topological polar surface area (TPSA) is 6.48 Å². The lowest BCUT2D eigenvalue weighted by Gasteiger charge is -2.55. The maximum Gasteiger partial charge on any atom is 0.0920 e. The number of rotatable bonds is 10. The third-order valence-electron chi connectivity index (χ3n) is 15.5. The molecule has 66 heavy (non-hydrogen) atoms. The highest BCUT2D eigenvalue weighted by atomic mass is 15.1. The molecule has 2 aliphatic rings. The van der Waals surface area contributed by atoms with E-state index in [0.717, 1.165) is 22.7 Å². The zero-order valence-electron chi connectivity index (χ0n) is 42.8. The number of nitrogens with zero attached hydrogens (tertiary/aromatic N) is 2. The normalized spacial score (nSPS) is 14.7. The van der Waals surface area contributed by atoms with Crippen molar-refractivity contribution >= 4 is 128 Å². The summed E-state index contributed by atoms with van der Waals surface area (Å²) in [5, 5.41) is -0.573. The van der Waals surface area contributed by atoms with Gasteiger partial charge in [0.25, 0.3) is 0 Å². The molecule has 0 saturated carbocycles. The van der Waals surface area contributed by atoms with Gasteiger partial charge in [0.05, 0.1) is 94.2 Å². The first-order valence-electron chi connectivity index (χ1n) is 24.3. The molecule has 0 fully saturated rings. The summed E-state index contributed by atoms with van der Waals surface area (Å²) in [6, 6.07) is 56.1. The van der Waals surface area contributed by atoms with Crippen LogP contribution in [0.25, 0.3) is 22.3 Å². The Kier molecular flexibility index (Phi) is 11.0. The molecule has 0 atom stereocenters. The number of fused-ring (bicyclic) bond motifs is 6. The van der Waals surface area contributed by atoms with Gasteiger partial charge in [0, 0.05) is 34.1 Å². The van der Waals surface area contributed by atoms with Crippen LogP contribution in [0.1, 0.15) is 44.5 Å². The van der Waals surface area contributed by atoms with Crippen molar-refractivity contribution in [1.82, 2.24) is 0 Å². The van der Waals surface area contributed by atoms with Crippen LogP contribution in [0.3, 0.4) is 0 Å². The van der Waals surface area contributed by atoms with Gasteiger partial charge in [-0.25, -0.2) is 0 Å². The Morgan fingerprint density at radius 2 is 0.485 bits per heavy atom. The number of benzene rings is 7. The molecule has 7 aromatic rings. The fourth-order valence-electron chi connectivity index (χ4n) is 13.5. The highest BCUT2D eigenvalue weighted by molar-refractivity contribution is 6.67. The molecule has 0 spiro atoms. The Bertz CT molecular complexity index is 2670. The monoisotopic (exact) mass is 845 g/mol. The molecule has 0 aliphatic heterocycles. The number of hydrogen-bond donors (Lipinski definition) is 0. The van der Waals surface area contributed by atoms with Crippen molar-refractivity contribution in [2.45, 2.75) is 59.0 Å². The Morgan fingerprint density at radius 1 is 0.273 bits per heavy atom. The van der Waals surface area contributed by atoms with Crippen LogP contribution in [0, 0.1) is 27.7 Å². The lowest BCUT2D eigenvalue weighted by Crippen LogP contribution is -2.52. The molecule has 2 nitrogen and oxygen atoms in total. The van der Waals surface area contributed by atoms with Crippen LogP contribution >= 0.6 is 0 Å². The Morgan fingerprint density at radius 3 is 0.712 bits per heavy atom. The van der Waals surface area contributed by atoms with Crippen LogP contribution < -0.4 is 9.80 Å². The van der Waals surface area contributed by atoms with Gasteiger partial charge in [-0.3, -0.25) is 0 Å². The van der Waals surface area contributed by atoms with Gasteiger partial charge in [-0.05, 0) is 168 Å². The first-order chi connectivity index (χ1) is 30.9. The zero-order chi connectivity index (χ0) is 47.5. The molecule has 2 aliphatic carbocycles. The maximum atomic E-state index is 2.67. The van der Waals surface area contributed by atoms with E-state index in [2.05, 4.69) is 277 Å². The van der Waals surface area contributed by atoms with Crippen LogP contribution in [0.4, 0.5) is 34.1 Å². The fraction of sp³-hybridized carbons (Fsp3) is 0.192. The van der Waals surface area contributed by atoms with E-state index in [9.17, 15) is 0 Å². The minimum atomic E-state index is -0.329. The summed E-state index contributed by atoms with van der Waals surface area (Å²) < 4.78 is 0. The van der Waals surface area contributed by atoms with E-state index in [4.69, 9.17) is 0 Å². The van der Waals surface area contributed by atoms with E-state index in [1.165, 1.54) is 78.1 Å². The smallest absolute Gasteiger partial charge is 0.0920 e. The lowest BCUT2D eigenvalue weighted by molar-refractivity contribution is 0.527. The second kappa shape index (κ2) is 15.8. The highest BCUT2D eigenvalue weighted by Gasteiger charge is 2.60. The SMILES string of the molecule is BC(B)(B)C1(C(B)(B)B)c2cc(N(c3ccc(C)cc3)c3ccc(C)cc3)ccc2-c2cc3c(cc21)-c1ccc(N(c2ccc(C)cc2)c2ccc(C)cc2)cc1C3(C(B)(B)B)C(B)(B)B. The summed E-state index contributed by atoms with van der Waals surface area (Å²) in [7, 11) is 29.8. The molecule has 0 radical (unpaired) electrons. The van der Waals surface area contributed by atoms with Crippen LogP contribution in [0.15, 0.2) is 146 Å². The fourth-order valence-corrected chi connectivity index (χ4v) is 13.5. The Labute approximate surface area is 407 Å². The van der Waals surface area contributed by atoms with Gasteiger partial charge in [-0.2, -0.15) is 0 Å². The second-order valence-electron chi connectivity index (χ2n) is 23.9. The predicted octanol–water partition coefficient (Wildman–Crippen LogP) is 2.28. The van der Waals surface area contributed by atoms with E-state index in [1.54, 1.807) is 0 Å². The molecule has 14 heteroatoms. The van der Waals surface area contributed by atoms with Crippen molar-refractivity contribution in [2.24, 2.45) is 0 Å². The quantitative estimate of drug-likeness (QED) is 0.196. The van der Waals surface area contributed by atoms with Crippen molar-refractivity contribution in [3.05, 3.63) is 190 Å². The van der Waals surface area contributed by atoms with Gasteiger partial charge in [0.1, 0.15) is 0 Å². The van der Waals surface area contributed by atoms with E-state index in [1.807, 2.05) is 0 Å². The van der Waals surface area contributed by atoms with Crippen molar-refractivity contribution in [3.63, 3.8) is 0 Å². The van der Waals surface area contributed by atoms with Crippen molar-refractivity contribution in [2.75, 3.05) is 9.80 Å². The molecule has 0 bridgehead atoms. The Hall–Kier alpha value is -5.08. The summed E-state index contributed by atoms with van der Waals surface area (Å²) in [5.74, 6) is 0. The van der Waals surface area contributed by atoms with Crippen molar-refractivity contribution in [3.8, 4) is 22.3 Å². The van der Waals surface area contributed by atoms with Gasteiger partial charge in [-0.1, -0.05) is 103 Å². The molecular formula is C52H60B12N2. The van der Waals surface area contributed by atoms with Gasteiger partial charge >= 0.3 is 0 Å². The predicted molar refractivity (Wildman–Crippen MR) is 320 cm³/mol. The number of hydrogen-bond acceptors (Lipinski definition) is 2. The standard InChI is InChI=1S/C52H60B12N2/c1-29-5-13-33(14-6-29)65(34-15-7-30(2)8-16-34)37-21-23-39-41-27-46-42(28-45(41)47(43(39)25-37,49(53,54)55)50(56,57)58)40-24-22-38(26-44(40)48(46,51(59,60)61)52(62,63)64)66(35-17-9-31(3)10-18-35)36-19-11-32(4)12-20-36/h5-28H,53-64H2,1-4H3. The van der Waals surface area contributed by atoms with Crippen LogP contribution in [-0.4, -0.2) is 94.2 Å². The highest BCUT2D eigenvalue weighted by Crippen LogP contribution is 2.70. The van der Waals surface area contributed by atoms with Crippen LogP contribution in [0.5, 0.6) is 0 Å². The van der Waals surface area contributed by atoms with Crippen LogP contribution in [-0.2, 0) is 10.8 Å². The molecule has 7 aromatic carbocycles. The van der Waals surface area contributed by atoms with Gasteiger partial charge in [0.2, 0.25) is 0 Å². The van der Waals surface area contributed by atoms with Crippen LogP contribution in [0.2, 0.25) is 20.5 Å². The van der Waals surface area contributed by atoms with Gasteiger partial charge in [-0.15, -0.1) is 0 Å². The molecule has 0 amide bonds. The zero-order valence-corrected chi connectivity index (χ0v) is 42.8. The number of anilines is 6. The summed E-state index contributed by atoms with van der Waals surface area (Å²) in [5.41, 5.74) is 22.6. The average Bonchev–Trinajstić information content (AvgIpc) is 3.70. The van der Waals surface area contributed by atoms with E-state index in [0.29, 0.717) is 0 Å². The summed E-state index contributed by atoms with van der Waals surface area (Å²) >= 11 is 0. The summed E-state index contributed by atoms with van der Waals surface area (Å²) in [6.07, 6.45) is 0. The minimum absolute atomic E-state index is 0.143. The third-order valence-corrected chi connectivity index (χ3v) is 15.5. The average molecular weight is 843 g/mol. The van der Waals surface area contributed by atoms with E-state index < -0.39 is 0 Å². The van der Waals surface area contributed by atoms with Crippen molar-refractivity contribution in [1.29, 1.82) is 0 Å². The molecular weight excluding hydrogens is 782 g/mol. The second-order valence-corrected chi connectivity index (χ2v) is 23.9. The summed E-state index contributed by atoms with van der Waals surface area (Å²) in [4.78, 5) is 4.90. The maximum absolute atomic E-state index is 2.67. The van der Waals surface area contributed by atoms with Gasteiger partial charge < -0.3 is 9.80 Å². The van der Waals surface area contributed by atoms with Gasteiger partial charge in [0.15, 0.2) is 0 Å². The van der Waals surface area contributed by atoms with Crippen molar-refractivity contribution < 1.29 is 0 Å².